The SMILES string of the molecule is CCN(CC)S(=O)(=O)c1cc(C(=O)OCc2nnc3n(C)c(=O)c4ccccc4n23)ccc1OC. The zero-order valence-corrected chi connectivity index (χ0v) is 20.6. The van der Waals surface area contributed by atoms with Gasteiger partial charge in [-0.1, -0.05) is 26.0 Å². The third-order valence-electron chi connectivity index (χ3n) is 5.75. The number of sulfonamides is 1. The Hall–Kier alpha value is -3.77. The van der Waals surface area contributed by atoms with Crippen molar-refractivity contribution < 1.29 is 22.7 Å². The first-order chi connectivity index (χ1) is 16.7. The molecule has 0 saturated carbocycles. The molecule has 0 spiro atoms. The number of carbonyl (C=O) groups excluding carboxylic acids is 1. The number of fused-ring (bicyclic) bond motifs is 3. The first-order valence-corrected chi connectivity index (χ1v) is 12.4. The van der Waals surface area contributed by atoms with Crippen LogP contribution in [-0.4, -0.2) is 58.1 Å². The molecule has 2 aromatic heterocycles. The fourth-order valence-corrected chi connectivity index (χ4v) is 5.55. The summed E-state index contributed by atoms with van der Waals surface area (Å²) in [6.45, 7) is 3.76. The number of esters is 1. The van der Waals surface area contributed by atoms with Crippen LogP contribution >= 0.6 is 0 Å². The molecule has 184 valence electrons. The first-order valence-electron chi connectivity index (χ1n) is 10.9. The molecule has 0 fully saturated rings. The second kappa shape index (κ2) is 9.47. The molecule has 11 nitrogen and oxygen atoms in total. The van der Waals surface area contributed by atoms with Crippen LogP contribution in [-0.2, 0) is 28.4 Å². The lowest BCUT2D eigenvalue weighted by atomic mass is 10.2. The quantitative estimate of drug-likeness (QED) is 0.337. The molecule has 0 aliphatic heterocycles. The van der Waals surface area contributed by atoms with Crippen molar-refractivity contribution in [2.24, 2.45) is 7.05 Å². The van der Waals surface area contributed by atoms with Crippen molar-refractivity contribution in [3.63, 3.8) is 0 Å². The number of benzene rings is 2. The Morgan fingerprint density at radius 2 is 1.80 bits per heavy atom. The highest BCUT2D eigenvalue weighted by atomic mass is 32.2. The fraction of sp³-hybridized carbons (Fsp3) is 0.304. The van der Waals surface area contributed by atoms with Gasteiger partial charge in [-0.15, -0.1) is 10.2 Å². The van der Waals surface area contributed by atoms with Crippen molar-refractivity contribution in [2.45, 2.75) is 25.3 Å². The summed E-state index contributed by atoms with van der Waals surface area (Å²) >= 11 is 0. The number of hydrogen-bond acceptors (Lipinski definition) is 8. The number of methoxy groups -OCH3 is 1. The van der Waals surface area contributed by atoms with Crippen molar-refractivity contribution in [2.75, 3.05) is 20.2 Å². The molecule has 2 aromatic carbocycles. The standard InChI is InChI=1S/C23H25N5O6S/c1-5-27(6-2)35(31,32)19-13-15(11-12-18(19)33-4)22(30)34-14-20-24-25-23-26(3)21(29)16-9-7-8-10-17(16)28(20)23/h7-13H,5-6,14H2,1-4H3. The van der Waals surface area contributed by atoms with Crippen LogP contribution in [0.25, 0.3) is 16.7 Å². The number of rotatable bonds is 8. The molecular weight excluding hydrogens is 474 g/mol. The minimum Gasteiger partial charge on any atom is -0.495 e. The molecule has 0 atom stereocenters. The Balaban J connectivity index is 1.68. The van der Waals surface area contributed by atoms with E-state index in [9.17, 15) is 18.0 Å². The lowest BCUT2D eigenvalue weighted by Gasteiger charge is -2.20. The van der Waals surface area contributed by atoms with E-state index < -0.39 is 16.0 Å². The van der Waals surface area contributed by atoms with E-state index in [2.05, 4.69) is 10.2 Å². The average Bonchev–Trinajstić information content (AvgIpc) is 3.30. The van der Waals surface area contributed by atoms with Gasteiger partial charge in [0.25, 0.3) is 5.56 Å². The molecule has 4 aromatic rings. The topological polar surface area (TPSA) is 125 Å². The van der Waals surface area contributed by atoms with Crippen molar-refractivity contribution in [3.8, 4) is 5.75 Å². The Morgan fingerprint density at radius 1 is 1.09 bits per heavy atom. The predicted octanol–water partition coefficient (Wildman–Crippen LogP) is 1.98. The zero-order valence-electron chi connectivity index (χ0n) is 19.8. The van der Waals surface area contributed by atoms with Crippen LogP contribution in [0.3, 0.4) is 0 Å². The lowest BCUT2D eigenvalue weighted by Crippen LogP contribution is -2.31. The molecule has 0 bridgehead atoms. The number of ether oxygens (including phenoxy) is 2. The smallest absolute Gasteiger partial charge is 0.338 e. The van der Waals surface area contributed by atoms with Gasteiger partial charge >= 0.3 is 5.97 Å². The molecule has 12 heteroatoms. The highest BCUT2D eigenvalue weighted by Crippen LogP contribution is 2.28. The number of aryl methyl sites for hydroxylation is 1. The molecule has 35 heavy (non-hydrogen) atoms. The van der Waals surface area contributed by atoms with Gasteiger partial charge < -0.3 is 9.47 Å². The summed E-state index contributed by atoms with van der Waals surface area (Å²) in [5.74, 6) is 0.000241. The van der Waals surface area contributed by atoms with E-state index in [0.717, 1.165) is 0 Å². The number of para-hydroxylation sites is 1. The zero-order chi connectivity index (χ0) is 25.3. The van der Waals surface area contributed by atoms with Crippen LogP contribution in [0.4, 0.5) is 0 Å². The van der Waals surface area contributed by atoms with Crippen LogP contribution in [0.1, 0.15) is 30.0 Å². The van der Waals surface area contributed by atoms with Gasteiger partial charge in [-0.3, -0.25) is 13.8 Å². The average molecular weight is 500 g/mol. The van der Waals surface area contributed by atoms with Crippen molar-refractivity contribution in [1.82, 2.24) is 23.5 Å². The second-order valence-corrected chi connectivity index (χ2v) is 9.57. The molecular formula is C23H25N5O6S. The number of carbonyl (C=O) groups is 1. The molecule has 0 radical (unpaired) electrons. The minimum atomic E-state index is -3.88. The fourth-order valence-electron chi connectivity index (χ4n) is 3.91. The molecule has 0 unspecified atom stereocenters. The number of nitrogens with zero attached hydrogens (tertiary/aromatic N) is 5. The minimum absolute atomic E-state index is 0.0441. The maximum atomic E-state index is 13.1. The maximum absolute atomic E-state index is 13.1. The molecule has 2 heterocycles. The summed E-state index contributed by atoms with van der Waals surface area (Å²) in [6.07, 6.45) is 0. The lowest BCUT2D eigenvalue weighted by molar-refractivity contribution is 0.0461. The van der Waals surface area contributed by atoms with E-state index in [0.29, 0.717) is 22.5 Å². The van der Waals surface area contributed by atoms with E-state index in [1.165, 1.54) is 34.2 Å². The van der Waals surface area contributed by atoms with Crippen LogP contribution in [0.5, 0.6) is 5.75 Å². The normalized spacial score (nSPS) is 11.9. The molecule has 0 aliphatic carbocycles. The van der Waals surface area contributed by atoms with Crippen LogP contribution in [0, 0.1) is 0 Å². The third kappa shape index (κ3) is 4.15. The van der Waals surface area contributed by atoms with E-state index in [1.807, 2.05) is 0 Å². The summed E-state index contributed by atoms with van der Waals surface area (Å²) in [7, 11) is -0.928. The van der Waals surface area contributed by atoms with Gasteiger partial charge in [0.15, 0.2) is 12.4 Å². The van der Waals surface area contributed by atoms with Gasteiger partial charge in [0.05, 0.1) is 23.6 Å². The van der Waals surface area contributed by atoms with Gasteiger partial charge in [0.1, 0.15) is 10.6 Å². The van der Waals surface area contributed by atoms with Gasteiger partial charge in [-0.25, -0.2) is 13.2 Å². The summed E-state index contributed by atoms with van der Waals surface area (Å²) in [4.78, 5) is 25.3. The van der Waals surface area contributed by atoms with Crippen molar-refractivity contribution >= 4 is 32.7 Å². The highest BCUT2D eigenvalue weighted by Gasteiger charge is 2.27. The summed E-state index contributed by atoms with van der Waals surface area (Å²) in [5.41, 5.74) is 0.408. The predicted molar refractivity (Wildman–Crippen MR) is 128 cm³/mol. The number of aromatic nitrogens is 4. The second-order valence-electron chi connectivity index (χ2n) is 7.66. The third-order valence-corrected chi connectivity index (χ3v) is 7.82. The van der Waals surface area contributed by atoms with Gasteiger partial charge in [0, 0.05) is 20.1 Å². The van der Waals surface area contributed by atoms with Crippen LogP contribution in [0.2, 0.25) is 0 Å². The van der Waals surface area contributed by atoms with E-state index in [1.54, 1.807) is 49.6 Å². The molecule has 0 saturated heterocycles. The molecule has 0 amide bonds. The van der Waals surface area contributed by atoms with E-state index in [4.69, 9.17) is 9.47 Å². The Kier molecular flexibility index (Phi) is 6.59. The summed E-state index contributed by atoms with van der Waals surface area (Å²) in [6, 6.07) is 11.1. The van der Waals surface area contributed by atoms with Gasteiger partial charge in [-0.2, -0.15) is 4.31 Å². The molecule has 4 rings (SSSR count). The Bertz CT molecular complexity index is 1590. The van der Waals surface area contributed by atoms with E-state index in [-0.39, 0.29) is 41.5 Å². The van der Waals surface area contributed by atoms with Crippen LogP contribution < -0.4 is 10.3 Å². The van der Waals surface area contributed by atoms with Gasteiger partial charge in [-0.05, 0) is 30.3 Å². The van der Waals surface area contributed by atoms with E-state index >= 15 is 0 Å². The van der Waals surface area contributed by atoms with Crippen molar-refractivity contribution in [3.05, 3.63) is 64.2 Å². The molecule has 0 aliphatic rings. The maximum Gasteiger partial charge on any atom is 0.338 e. The summed E-state index contributed by atoms with van der Waals surface area (Å²) < 4.78 is 41.1. The highest BCUT2D eigenvalue weighted by molar-refractivity contribution is 7.89. The molecule has 0 N–H and O–H groups in total. The summed E-state index contributed by atoms with van der Waals surface area (Å²) in [5, 5.41) is 8.64. The first kappa shape index (κ1) is 24.4. The van der Waals surface area contributed by atoms with Gasteiger partial charge in [0.2, 0.25) is 15.8 Å². The monoisotopic (exact) mass is 499 g/mol. The Morgan fingerprint density at radius 3 is 2.49 bits per heavy atom. The Labute approximate surface area is 201 Å². The van der Waals surface area contributed by atoms with Crippen LogP contribution in [0.15, 0.2) is 52.2 Å². The number of hydrogen-bond donors (Lipinski definition) is 0. The van der Waals surface area contributed by atoms with Crippen molar-refractivity contribution in [1.29, 1.82) is 0 Å². The largest absolute Gasteiger partial charge is 0.495 e.